The number of rotatable bonds is 3. The number of nitrogens with one attached hydrogen (secondary N) is 2. The molecule has 1 amide bonds. The Balaban J connectivity index is 1.60. The summed E-state index contributed by atoms with van der Waals surface area (Å²) in [6, 6.07) is 6.59. The number of aryl methyl sites for hydroxylation is 1. The first kappa shape index (κ1) is 12.1. The van der Waals surface area contributed by atoms with Crippen LogP contribution in [0.15, 0.2) is 23.1 Å². The first-order valence-corrected chi connectivity index (χ1v) is 7.54. The fourth-order valence-corrected chi connectivity index (χ4v) is 3.35. The molecule has 1 saturated heterocycles. The first-order valence-electron chi connectivity index (χ1n) is 6.56. The van der Waals surface area contributed by atoms with Crippen LogP contribution < -0.4 is 10.6 Å². The normalized spacial score (nSPS) is 18.9. The van der Waals surface area contributed by atoms with Crippen molar-refractivity contribution < 1.29 is 4.79 Å². The van der Waals surface area contributed by atoms with E-state index < -0.39 is 0 Å². The zero-order valence-electron chi connectivity index (χ0n) is 10.4. The lowest BCUT2D eigenvalue weighted by Gasteiger charge is -2.25. The molecule has 18 heavy (non-hydrogen) atoms. The summed E-state index contributed by atoms with van der Waals surface area (Å²) in [5.41, 5.74) is 2.67. The van der Waals surface area contributed by atoms with Crippen LogP contribution in [0.25, 0.3) is 0 Å². The van der Waals surface area contributed by atoms with Gasteiger partial charge in [0, 0.05) is 24.5 Å². The molecule has 4 heteroatoms. The van der Waals surface area contributed by atoms with Gasteiger partial charge in [0.05, 0.1) is 5.92 Å². The van der Waals surface area contributed by atoms with E-state index in [0.29, 0.717) is 6.54 Å². The molecule has 0 aliphatic carbocycles. The molecule has 1 aromatic rings. The van der Waals surface area contributed by atoms with Crippen LogP contribution in [0.4, 0.5) is 0 Å². The third-order valence-electron chi connectivity index (χ3n) is 3.59. The number of fused-ring (bicyclic) bond motifs is 1. The van der Waals surface area contributed by atoms with Gasteiger partial charge in [0.1, 0.15) is 0 Å². The lowest BCUT2D eigenvalue weighted by atomic mass is 10.0. The Kier molecular flexibility index (Phi) is 3.57. The minimum absolute atomic E-state index is 0.179. The van der Waals surface area contributed by atoms with Crippen molar-refractivity contribution in [2.24, 2.45) is 5.92 Å². The zero-order valence-corrected chi connectivity index (χ0v) is 11.2. The summed E-state index contributed by atoms with van der Waals surface area (Å²) in [6.45, 7) is 2.31. The molecule has 0 atom stereocenters. The van der Waals surface area contributed by atoms with E-state index in [1.54, 1.807) is 0 Å². The molecule has 2 aliphatic heterocycles. The van der Waals surface area contributed by atoms with Gasteiger partial charge in [0.25, 0.3) is 0 Å². The van der Waals surface area contributed by atoms with Gasteiger partial charge in [-0.15, -0.1) is 11.8 Å². The van der Waals surface area contributed by atoms with Crippen molar-refractivity contribution in [2.75, 3.05) is 18.8 Å². The molecule has 0 saturated carbocycles. The molecule has 1 aromatic carbocycles. The van der Waals surface area contributed by atoms with Crippen molar-refractivity contribution in [3.8, 4) is 0 Å². The monoisotopic (exact) mass is 262 g/mol. The van der Waals surface area contributed by atoms with Gasteiger partial charge < -0.3 is 10.6 Å². The highest BCUT2D eigenvalue weighted by Crippen LogP contribution is 2.30. The molecule has 3 nitrogen and oxygen atoms in total. The van der Waals surface area contributed by atoms with Gasteiger partial charge in [-0.05, 0) is 35.8 Å². The van der Waals surface area contributed by atoms with Crippen LogP contribution in [0.2, 0.25) is 0 Å². The molecular weight excluding hydrogens is 244 g/mol. The van der Waals surface area contributed by atoms with Gasteiger partial charge in [-0.1, -0.05) is 12.1 Å². The minimum Gasteiger partial charge on any atom is -0.352 e. The Labute approximate surface area is 112 Å². The van der Waals surface area contributed by atoms with Crippen molar-refractivity contribution in [3.05, 3.63) is 29.3 Å². The van der Waals surface area contributed by atoms with E-state index in [1.807, 2.05) is 11.8 Å². The number of thioether (sulfide) groups is 1. The van der Waals surface area contributed by atoms with Crippen molar-refractivity contribution in [1.82, 2.24) is 10.6 Å². The Hall–Kier alpha value is -1.00. The Bertz CT molecular complexity index is 457. The van der Waals surface area contributed by atoms with E-state index in [9.17, 15) is 4.79 Å². The van der Waals surface area contributed by atoms with Gasteiger partial charge in [0.2, 0.25) is 5.91 Å². The van der Waals surface area contributed by atoms with Gasteiger partial charge in [-0.3, -0.25) is 4.79 Å². The minimum atomic E-state index is 0.179. The standard InChI is InChI=1S/C14H18N2OS/c17-14(12-8-15-9-12)16-7-10-3-4-13-11(6-10)2-1-5-18-13/h3-4,6,12,15H,1-2,5,7-9H2,(H,16,17). The van der Waals surface area contributed by atoms with Gasteiger partial charge in [0.15, 0.2) is 0 Å². The van der Waals surface area contributed by atoms with Crippen LogP contribution in [0.1, 0.15) is 17.5 Å². The number of hydrogen-bond acceptors (Lipinski definition) is 3. The average molecular weight is 262 g/mol. The van der Waals surface area contributed by atoms with Crippen LogP contribution in [0.5, 0.6) is 0 Å². The maximum Gasteiger partial charge on any atom is 0.225 e. The highest BCUT2D eigenvalue weighted by molar-refractivity contribution is 7.99. The van der Waals surface area contributed by atoms with Crippen molar-refractivity contribution >= 4 is 17.7 Å². The fraction of sp³-hybridized carbons (Fsp3) is 0.500. The molecule has 2 aliphatic rings. The zero-order chi connectivity index (χ0) is 12.4. The second-order valence-corrected chi connectivity index (χ2v) is 6.10. The quantitative estimate of drug-likeness (QED) is 0.868. The van der Waals surface area contributed by atoms with Crippen molar-refractivity contribution in [2.45, 2.75) is 24.3 Å². The lowest BCUT2D eigenvalue weighted by molar-refractivity contribution is -0.126. The summed E-state index contributed by atoms with van der Waals surface area (Å²) in [5.74, 6) is 1.59. The SMILES string of the molecule is O=C(NCc1ccc2c(c1)CCCS2)C1CNC1. The van der Waals surface area contributed by atoms with Crippen molar-refractivity contribution in [1.29, 1.82) is 0 Å². The molecular formula is C14H18N2OS. The van der Waals surface area contributed by atoms with Gasteiger partial charge >= 0.3 is 0 Å². The Morgan fingerprint density at radius 1 is 1.44 bits per heavy atom. The molecule has 2 heterocycles. The fourth-order valence-electron chi connectivity index (χ4n) is 2.33. The average Bonchev–Trinajstić information content (AvgIpc) is 2.34. The van der Waals surface area contributed by atoms with Crippen LogP contribution in [-0.4, -0.2) is 24.7 Å². The Morgan fingerprint density at radius 3 is 3.11 bits per heavy atom. The van der Waals surface area contributed by atoms with Gasteiger partial charge in [-0.25, -0.2) is 0 Å². The highest BCUT2D eigenvalue weighted by Gasteiger charge is 2.24. The number of benzene rings is 1. The number of hydrogen-bond donors (Lipinski definition) is 2. The second kappa shape index (κ2) is 5.33. The Morgan fingerprint density at radius 2 is 2.33 bits per heavy atom. The molecule has 2 N–H and O–H groups in total. The topological polar surface area (TPSA) is 41.1 Å². The summed E-state index contributed by atoms with van der Waals surface area (Å²) in [6.07, 6.45) is 2.44. The molecule has 3 rings (SSSR count). The molecule has 1 fully saturated rings. The maximum atomic E-state index is 11.7. The molecule has 0 unspecified atom stereocenters. The van der Waals surface area contributed by atoms with E-state index in [-0.39, 0.29) is 11.8 Å². The van der Waals surface area contributed by atoms with Crippen LogP contribution in [0.3, 0.4) is 0 Å². The number of amides is 1. The van der Waals surface area contributed by atoms with E-state index in [2.05, 4.69) is 28.8 Å². The summed E-state index contributed by atoms with van der Waals surface area (Å²) in [5, 5.41) is 6.14. The third kappa shape index (κ3) is 2.54. The maximum absolute atomic E-state index is 11.7. The largest absolute Gasteiger partial charge is 0.352 e. The summed E-state index contributed by atoms with van der Waals surface area (Å²) >= 11 is 1.94. The molecule has 0 spiro atoms. The van der Waals surface area contributed by atoms with Crippen LogP contribution in [-0.2, 0) is 17.8 Å². The van der Waals surface area contributed by atoms with Crippen LogP contribution in [0, 0.1) is 5.92 Å². The predicted octanol–water partition coefficient (Wildman–Crippen LogP) is 1.56. The van der Waals surface area contributed by atoms with Crippen molar-refractivity contribution in [3.63, 3.8) is 0 Å². The van der Waals surface area contributed by atoms with Crippen LogP contribution >= 0.6 is 11.8 Å². The first-order chi connectivity index (χ1) is 8.83. The smallest absolute Gasteiger partial charge is 0.225 e. The number of carbonyl (C=O) groups is 1. The molecule has 0 bridgehead atoms. The van der Waals surface area contributed by atoms with E-state index in [1.165, 1.54) is 34.6 Å². The second-order valence-electron chi connectivity index (χ2n) is 4.97. The van der Waals surface area contributed by atoms with Gasteiger partial charge in [-0.2, -0.15) is 0 Å². The molecule has 96 valence electrons. The van der Waals surface area contributed by atoms with E-state index in [4.69, 9.17) is 0 Å². The van der Waals surface area contributed by atoms with E-state index >= 15 is 0 Å². The summed E-state index contributed by atoms with van der Waals surface area (Å²) in [4.78, 5) is 13.1. The van der Waals surface area contributed by atoms with E-state index in [0.717, 1.165) is 13.1 Å². The summed E-state index contributed by atoms with van der Waals surface area (Å²) < 4.78 is 0. The highest BCUT2D eigenvalue weighted by atomic mass is 32.2. The summed E-state index contributed by atoms with van der Waals surface area (Å²) in [7, 11) is 0. The lowest BCUT2D eigenvalue weighted by Crippen LogP contribution is -2.50. The molecule has 0 radical (unpaired) electrons. The third-order valence-corrected chi connectivity index (χ3v) is 4.79. The predicted molar refractivity (Wildman–Crippen MR) is 73.7 cm³/mol. The molecule has 0 aromatic heterocycles. The number of carbonyl (C=O) groups excluding carboxylic acids is 1.